The van der Waals surface area contributed by atoms with Crippen LogP contribution in [-0.2, 0) is 0 Å². The number of anilines is 2. The minimum absolute atomic E-state index is 0.119. The van der Waals surface area contributed by atoms with E-state index in [2.05, 4.69) is 21.1 Å². The normalized spacial score (nSPS) is 10.2. The minimum Gasteiger partial charge on any atom is -0.350 e. The fraction of sp³-hybridized carbons (Fsp3) is 0.105. The molecule has 2 aromatic carbocycles. The number of benzene rings is 2. The van der Waals surface area contributed by atoms with Crippen LogP contribution in [0.3, 0.4) is 0 Å². The lowest BCUT2D eigenvalue weighted by Gasteiger charge is -2.06. The zero-order chi connectivity index (χ0) is 18.5. The van der Waals surface area contributed by atoms with Gasteiger partial charge in [0.15, 0.2) is 0 Å². The summed E-state index contributed by atoms with van der Waals surface area (Å²) in [7, 11) is 1.53. The number of hydrogen-bond donors (Lipinski definition) is 3. The molecule has 0 aliphatic heterocycles. The Balaban J connectivity index is 1.66. The summed E-state index contributed by atoms with van der Waals surface area (Å²) in [6, 6.07) is 15.8. The number of urea groups is 1. The predicted molar refractivity (Wildman–Crippen MR) is 99.1 cm³/mol. The summed E-state index contributed by atoms with van der Waals surface area (Å²) in [6.07, 6.45) is 0. The van der Waals surface area contributed by atoms with Gasteiger partial charge in [-0.3, -0.25) is 4.79 Å². The first-order valence-corrected chi connectivity index (χ1v) is 7.99. The second-order valence-corrected chi connectivity index (χ2v) is 5.68. The molecule has 0 bridgehead atoms. The number of aryl methyl sites for hydroxylation is 1. The lowest BCUT2D eigenvalue weighted by Crippen LogP contribution is -2.24. The first-order chi connectivity index (χ1) is 12.5. The van der Waals surface area contributed by atoms with Crippen molar-refractivity contribution < 1.29 is 14.1 Å². The quantitative estimate of drug-likeness (QED) is 0.669. The number of nitrogens with one attached hydrogen (secondary N) is 3. The maximum atomic E-state index is 12.3. The first kappa shape index (κ1) is 17.2. The lowest BCUT2D eigenvalue weighted by atomic mass is 10.1. The maximum Gasteiger partial charge on any atom is 0.318 e. The molecule has 7 heteroatoms. The number of carbonyl (C=O) groups is 2. The van der Waals surface area contributed by atoms with E-state index in [1.165, 1.54) is 7.05 Å². The molecule has 0 atom stereocenters. The van der Waals surface area contributed by atoms with Gasteiger partial charge >= 0.3 is 6.03 Å². The van der Waals surface area contributed by atoms with Crippen molar-refractivity contribution >= 4 is 23.3 Å². The van der Waals surface area contributed by atoms with Crippen LogP contribution in [-0.4, -0.2) is 24.1 Å². The number of nitrogens with zero attached hydrogens (tertiary/aromatic N) is 1. The van der Waals surface area contributed by atoms with Gasteiger partial charge in [0.1, 0.15) is 5.69 Å². The van der Waals surface area contributed by atoms with Crippen LogP contribution in [0, 0.1) is 6.92 Å². The highest BCUT2D eigenvalue weighted by atomic mass is 16.5. The van der Waals surface area contributed by atoms with E-state index in [0.717, 1.165) is 11.1 Å². The van der Waals surface area contributed by atoms with Crippen molar-refractivity contribution in [2.75, 3.05) is 17.7 Å². The molecule has 7 nitrogen and oxygen atoms in total. The highest BCUT2D eigenvalue weighted by Crippen LogP contribution is 2.21. The Hall–Kier alpha value is -3.61. The molecule has 1 heterocycles. The van der Waals surface area contributed by atoms with Crippen molar-refractivity contribution in [1.29, 1.82) is 0 Å². The van der Waals surface area contributed by atoms with Crippen LogP contribution in [0.1, 0.15) is 16.1 Å². The van der Waals surface area contributed by atoms with Crippen molar-refractivity contribution in [3.8, 4) is 11.3 Å². The highest BCUT2D eigenvalue weighted by molar-refractivity contribution is 6.02. The van der Waals surface area contributed by atoms with Crippen molar-refractivity contribution in [2.24, 2.45) is 0 Å². The molecule has 132 valence electrons. The van der Waals surface area contributed by atoms with Gasteiger partial charge in [-0.25, -0.2) is 4.79 Å². The van der Waals surface area contributed by atoms with Gasteiger partial charge in [-0.2, -0.15) is 0 Å². The Bertz CT molecular complexity index is 915. The van der Waals surface area contributed by atoms with Gasteiger partial charge in [0.25, 0.3) is 5.91 Å². The molecule has 0 unspecified atom stereocenters. The van der Waals surface area contributed by atoms with Gasteiger partial charge in [0.05, 0.1) is 0 Å². The molecule has 3 N–H and O–H groups in total. The van der Waals surface area contributed by atoms with Crippen molar-refractivity contribution in [3.05, 3.63) is 65.9 Å². The molecule has 0 radical (unpaired) electrons. The fourth-order valence-electron chi connectivity index (χ4n) is 2.27. The number of hydrogen-bond acceptors (Lipinski definition) is 4. The first-order valence-electron chi connectivity index (χ1n) is 7.99. The summed E-state index contributed by atoms with van der Waals surface area (Å²) in [5, 5.41) is 11.8. The molecule has 0 aliphatic rings. The zero-order valence-corrected chi connectivity index (χ0v) is 14.4. The molecular weight excluding hydrogens is 332 g/mol. The molecule has 0 spiro atoms. The third-order valence-electron chi connectivity index (χ3n) is 3.71. The molecule has 0 saturated carbocycles. The van der Waals surface area contributed by atoms with Crippen LogP contribution in [0.5, 0.6) is 0 Å². The second-order valence-electron chi connectivity index (χ2n) is 5.68. The maximum absolute atomic E-state index is 12.3. The smallest absolute Gasteiger partial charge is 0.318 e. The summed E-state index contributed by atoms with van der Waals surface area (Å²) in [5.74, 6) is -0.281. The van der Waals surface area contributed by atoms with Crippen LogP contribution in [0.15, 0.2) is 59.1 Å². The summed E-state index contributed by atoms with van der Waals surface area (Å²) in [6.45, 7) is 2.00. The van der Waals surface area contributed by atoms with Gasteiger partial charge in [-0.05, 0) is 31.2 Å². The SMILES string of the molecule is CNC(=O)Nc1ccc(NC(=O)c2cc(-c3ccc(C)cc3)no2)cc1. The summed E-state index contributed by atoms with van der Waals surface area (Å²) in [4.78, 5) is 23.6. The molecule has 3 amide bonds. The Morgan fingerprint density at radius 2 is 1.54 bits per heavy atom. The van der Waals surface area contributed by atoms with Crippen LogP contribution in [0.2, 0.25) is 0 Å². The Labute approximate surface area is 150 Å². The number of rotatable bonds is 4. The van der Waals surface area contributed by atoms with Gasteiger partial charge in [0, 0.05) is 30.1 Å². The molecule has 1 aromatic heterocycles. The molecule has 0 fully saturated rings. The minimum atomic E-state index is -0.400. The molecule has 3 aromatic rings. The van der Waals surface area contributed by atoms with E-state index in [9.17, 15) is 9.59 Å². The van der Waals surface area contributed by atoms with E-state index in [1.54, 1.807) is 30.3 Å². The fourth-order valence-corrected chi connectivity index (χ4v) is 2.27. The van der Waals surface area contributed by atoms with Gasteiger partial charge < -0.3 is 20.5 Å². The van der Waals surface area contributed by atoms with Crippen LogP contribution < -0.4 is 16.0 Å². The number of aromatic nitrogens is 1. The van der Waals surface area contributed by atoms with Crippen molar-refractivity contribution in [2.45, 2.75) is 6.92 Å². The number of carbonyl (C=O) groups excluding carboxylic acids is 2. The van der Waals surface area contributed by atoms with Crippen molar-refractivity contribution in [3.63, 3.8) is 0 Å². The average molecular weight is 350 g/mol. The second kappa shape index (κ2) is 7.52. The van der Waals surface area contributed by atoms with Crippen LogP contribution in [0.25, 0.3) is 11.3 Å². The summed E-state index contributed by atoms with van der Waals surface area (Å²) < 4.78 is 5.15. The van der Waals surface area contributed by atoms with E-state index in [0.29, 0.717) is 17.1 Å². The molecule has 26 heavy (non-hydrogen) atoms. The van der Waals surface area contributed by atoms with Gasteiger partial charge in [-0.1, -0.05) is 35.0 Å². The monoisotopic (exact) mass is 350 g/mol. The third-order valence-corrected chi connectivity index (χ3v) is 3.71. The largest absolute Gasteiger partial charge is 0.350 e. The van der Waals surface area contributed by atoms with Gasteiger partial charge in [-0.15, -0.1) is 0 Å². The van der Waals surface area contributed by atoms with Crippen molar-refractivity contribution in [1.82, 2.24) is 10.5 Å². The van der Waals surface area contributed by atoms with E-state index in [1.807, 2.05) is 31.2 Å². The summed E-state index contributed by atoms with van der Waals surface area (Å²) in [5.41, 5.74) is 3.81. The molecule has 0 aliphatic carbocycles. The highest BCUT2D eigenvalue weighted by Gasteiger charge is 2.14. The molecule has 3 rings (SSSR count). The average Bonchev–Trinajstić information content (AvgIpc) is 3.14. The topological polar surface area (TPSA) is 96.3 Å². The Kier molecular flexibility index (Phi) is 4.98. The number of amides is 3. The lowest BCUT2D eigenvalue weighted by molar-refractivity contribution is 0.0988. The van der Waals surface area contributed by atoms with E-state index in [-0.39, 0.29) is 11.8 Å². The standard InChI is InChI=1S/C19H18N4O3/c1-12-3-5-13(6-4-12)16-11-17(26-23-16)18(24)21-14-7-9-15(10-8-14)22-19(25)20-2/h3-11H,1-2H3,(H,21,24)(H2,20,22,25). The molecule has 0 saturated heterocycles. The Morgan fingerprint density at radius 3 is 2.15 bits per heavy atom. The van der Waals surface area contributed by atoms with E-state index >= 15 is 0 Å². The van der Waals surface area contributed by atoms with E-state index in [4.69, 9.17) is 4.52 Å². The van der Waals surface area contributed by atoms with Crippen LogP contribution in [0.4, 0.5) is 16.2 Å². The third kappa shape index (κ3) is 4.07. The zero-order valence-electron chi connectivity index (χ0n) is 14.4. The van der Waals surface area contributed by atoms with E-state index < -0.39 is 5.91 Å². The van der Waals surface area contributed by atoms with Crippen LogP contribution >= 0.6 is 0 Å². The predicted octanol–water partition coefficient (Wildman–Crippen LogP) is 3.65. The van der Waals surface area contributed by atoms with Gasteiger partial charge in [0.2, 0.25) is 5.76 Å². The molecular formula is C19H18N4O3. The Morgan fingerprint density at radius 1 is 0.923 bits per heavy atom. The summed E-state index contributed by atoms with van der Waals surface area (Å²) >= 11 is 0.